The van der Waals surface area contributed by atoms with Crippen LogP contribution in [0.2, 0.25) is 5.02 Å². The molecule has 1 N–H and O–H groups in total. The fourth-order valence-corrected chi connectivity index (χ4v) is 3.38. The van der Waals surface area contributed by atoms with Gasteiger partial charge in [-0.15, -0.1) is 0 Å². The molecule has 0 bridgehead atoms. The highest BCUT2D eigenvalue weighted by molar-refractivity contribution is 6.30. The van der Waals surface area contributed by atoms with Gasteiger partial charge in [0.15, 0.2) is 0 Å². The molecule has 1 saturated carbocycles. The molecular weight excluding hydrogens is 366 g/mol. The van der Waals surface area contributed by atoms with Gasteiger partial charge in [-0.2, -0.15) is 0 Å². The highest BCUT2D eigenvalue weighted by atomic mass is 79.9. The predicted octanol–water partition coefficient (Wildman–Crippen LogP) is -0.756. The average molecular weight is 383 g/mol. The molecule has 0 unspecified atom stereocenters. The molecule has 0 amide bonds. The molecule has 22 heavy (non-hydrogen) atoms. The van der Waals surface area contributed by atoms with Crippen LogP contribution in [0.4, 0.5) is 5.95 Å². The Balaban J connectivity index is 0.00000144. The number of hydrogen-bond donors (Lipinski definition) is 1. The summed E-state index contributed by atoms with van der Waals surface area (Å²) < 4.78 is 2.02. The minimum absolute atomic E-state index is 0. The van der Waals surface area contributed by atoms with Gasteiger partial charge in [-0.3, -0.25) is 0 Å². The third kappa shape index (κ3) is 2.32. The number of aromatic nitrogens is 2. The molecule has 4 nitrogen and oxygen atoms in total. The van der Waals surface area contributed by atoms with Gasteiger partial charge in [0.25, 0.3) is 0 Å². The summed E-state index contributed by atoms with van der Waals surface area (Å²) in [5, 5.41) is 12.1. The van der Waals surface area contributed by atoms with Crippen LogP contribution in [-0.4, -0.2) is 16.1 Å². The second-order valence-electron chi connectivity index (χ2n) is 5.83. The fourth-order valence-electron chi connectivity index (χ4n) is 3.25. The maximum absolute atomic E-state index is 11.4. The van der Waals surface area contributed by atoms with Gasteiger partial charge in [-0.1, -0.05) is 28.7 Å². The molecule has 1 aromatic carbocycles. The van der Waals surface area contributed by atoms with Crippen LogP contribution in [0.5, 0.6) is 0 Å². The first-order valence-corrected chi connectivity index (χ1v) is 7.68. The number of benzene rings is 1. The van der Waals surface area contributed by atoms with Crippen LogP contribution in [0.15, 0.2) is 42.7 Å². The molecule has 0 radical (unpaired) electrons. The highest BCUT2D eigenvalue weighted by Crippen LogP contribution is 2.40. The van der Waals surface area contributed by atoms with Crippen molar-refractivity contribution < 1.29 is 26.7 Å². The predicted molar refractivity (Wildman–Crippen MR) is 79.9 cm³/mol. The summed E-state index contributed by atoms with van der Waals surface area (Å²) in [6.45, 7) is 0.494. The summed E-state index contributed by atoms with van der Waals surface area (Å²) >= 11 is 5.98. The first-order chi connectivity index (χ1) is 10.2. The smallest absolute Gasteiger partial charge is 0.397 e. The van der Waals surface area contributed by atoms with Crippen molar-refractivity contribution in [1.29, 1.82) is 0 Å². The van der Waals surface area contributed by atoms with E-state index in [4.69, 9.17) is 11.6 Å². The Morgan fingerprint density at radius 2 is 2.00 bits per heavy atom. The van der Waals surface area contributed by atoms with Gasteiger partial charge in [-0.25, -0.2) is 9.47 Å². The summed E-state index contributed by atoms with van der Waals surface area (Å²) in [5.74, 6) is 0.847. The Hall–Kier alpha value is -1.17. The quantitative estimate of drug-likeness (QED) is 0.695. The second kappa shape index (κ2) is 5.80. The van der Waals surface area contributed by atoms with Crippen LogP contribution in [-0.2, 0) is 12.3 Å². The number of anilines is 1. The van der Waals surface area contributed by atoms with E-state index in [0.29, 0.717) is 17.6 Å². The zero-order valence-electron chi connectivity index (χ0n) is 12.0. The minimum atomic E-state index is -1.04. The fraction of sp³-hybridized carbons (Fsp3) is 0.375. The molecule has 1 atom stereocenters. The van der Waals surface area contributed by atoms with Crippen LogP contribution < -0.4 is 26.4 Å². The maximum atomic E-state index is 11.4. The van der Waals surface area contributed by atoms with Crippen molar-refractivity contribution in [3.8, 4) is 0 Å². The Kier molecular flexibility index (Phi) is 4.14. The second-order valence-corrected chi connectivity index (χ2v) is 6.26. The van der Waals surface area contributed by atoms with Crippen molar-refractivity contribution in [2.45, 2.75) is 37.6 Å². The SMILES string of the molecule is O[C@@]1(c2ccc(Cl)cc2)C[n+]2cccnc2N1C1CCC1.[Br-]. The standard InChI is InChI=1S/C16H17ClN3O.BrH/c17-13-7-5-12(6-8-13)16(21)11-19-10-2-9-18-15(19)20(16)14-3-1-4-14;/h2,5-10,14,21H,1,3-4,11H2;1H/q+1;/p-1/t16-;/m1./s1. The number of nitrogens with zero attached hydrogens (tertiary/aromatic N) is 3. The van der Waals surface area contributed by atoms with Crippen LogP contribution in [0.25, 0.3) is 0 Å². The van der Waals surface area contributed by atoms with E-state index in [1.54, 1.807) is 6.20 Å². The van der Waals surface area contributed by atoms with Gasteiger partial charge in [0.2, 0.25) is 5.72 Å². The molecule has 116 valence electrons. The largest absolute Gasteiger partial charge is 1.00 e. The number of fused-ring (bicyclic) bond motifs is 1. The molecule has 1 aliphatic carbocycles. The monoisotopic (exact) mass is 381 g/mol. The average Bonchev–Trinajstić information content (AvgIpc) is 2.72. The first kappa shape index (κ1) is 15.7. The van der Waals surface area contributed by atoms with Crippen molar-refractivity contribution in [2.75, 3.05) is 4.90 Å². The van der Waals surface area contributed by atoms with E-state index in [-0.39, 0.29) is 17.0 Å². The Morgan fingerprint density at radius 3 is 2.64 bits per heavy atom. The summed E-state index contributed by atoms with van der Waals surface area (Å²) in [6, 6.07) is 9.72. The zero-order chi connectivity index (χ0) is 14.4. The van der Waals surface area contributed by atoms with Crippen molar-refractivity contribution in [1.82, 2.24) is 4.98 Å². The lowest BCUT2D eigenvalue weighted by Gasteiger charge is -2.38. The number of halogens is 2. The zero-order valence-corrected chi connectivity index (χ0v) is 14.3. The maximum Gasteiger partial charge on any atom is 0.397 e. The van der Waals surface area contributed by atoms with Gasteiger partial charge in [0.1, 0.15) is 12.7 Å². The highest BCUT2D eigenvalue weighted by Gasteiger charge is 2.55. The van der Waals surface area contributed by atoms with Crippen molar-refractivity contribution >= 4 is 17.5 Å². The van der Waals surface area contributed by atoms with E-state index in [0.717, 1.165) is 24.4 Å². The summed E-state index contributed by atoms with van der Waals surface area (Å²) in [4.78, 5) is 6.57. The summed E-state index contributed by atoms with van der Waals surface area (Å²) in [7, 11) is 0. The van der Waals surface area contributed by atoms with Crippen LogP contribution in [0.3, 0.4) is 0 Å². The van der Waals surface area contributed by atoms with Gasteiger partial charge in [0.05, 0.1) is 12.2 Å². The van der Waals surface area contributed by atoms with E-state index in [9.17, 15) is 5.11 Å². The molecule has 2 aromatic rings. The first-order valence-electron chi connectivity index (χ1n) is 7.31. The molecular formula is C16H17BrClN3O. The molecule has 1 fully saturated rings. The van der Waals surface area contributed by atoms with Gasteiger partial charge >= 0.3 is 5.95 Å². The Labute approximate surface area is 145 Å². The van der Waals surface area contributed by atoms with Gasteiger partial charge < -0.3 is 22.1 Å². The molecule has 1 aromatic heterocycles. The third-order valence-corrected chi connectivity index (χ3v) is 4.80. The normalized spacial score (nSPS) is 23.6. The van der Waals surface area contributed by atoms with E-state index in [1.807, 2.05) is 41.1 Å². The molecule has 2 aliphatic rings. The van der Waals surface area contributed by atoms with Crippen LogP contribution in [0, 0.1) is 0 Å². The number of rotatable bonds is 2. The van der Waals surface area contributed by atoms with Gasteiger partial charge in [0, 0.05) is 16.7 Å². The van der Waals surface area contributed by atoms with E-state index in [1.165, 1.54) is 6.42 Å². The molecule has 4 rings (SSSR count). The third-order valence-electron chi connectivity index (χ3n) is 4.55. The van der Waals surface area contributed by atoms with E-state index in [2.05, 4.69) is 9.88 Å². The topological polar surface area (TPSA) is 40.2 Å². The van der Waals surface area contributed by atoms with Crippen LogP contribution in [0.1, 0.15) is 24.8 Å². The van der Waals surface area contributed by atoms with E-state index >= 15 is 0 Å². The lowest BCUT2D eigenvalue weighted by molar-refractivity contribution is -0.685. The molecule has 0 spiro atoms. The van der Waals surface area contributed by atoms with Crippen LogP contribution >= 0.6 is 11.6 Å². The number of aliphatic hydroxyl groups is 1. The summed E-state index contributed by atoms with van der Waals surface area (Å²) in [5.41, 5.74) is -0.180. The molecule has 1 aliphatic heterocycles. The Bertz CT molecular complexity index is 677. The molecule has 6 heteroatoms. The Morgan fingerprint density at radius 1 is 1.27 bits per heavy atom. The molecule has 2 heterocycles. The summed E-state index contributed by atoms with van der Waals surface area (Å²) in [6.07, 6.45) is 7.18. The van der Waals surface area contributed by atoms with Crippen molar-refractivity contribution in [2.24, 2.45) is 0 Å². The lowest BCUT2D eigenvalue weighted by Crippen LogP contribution is -3.00. The number of hydrogen-bond acceptors (Lipinski definition) is 3. The minimum Gasteiger partial charge on any atom is -1.00 e. The van der Waals surface area contributed by atoms with E-state index < -0.39 is 5.72 Å². The van der Waals surface area contributed by atoms with Crippen molar-refractivity contribution in [3.63, 3.8) is 0 Å². The lowest BCUT2D eigenvalue weighted by atomic mass is 9.88. The molecule has 0 saturated heterocycles. The van der Waals surface area contributed by atoms with Gasteiger partial charge in [-0.05, 0) is 31.4 Å². The van der Waals surface area contributed by atoms with Crippen molar-refractivity contribution in [3.05, 3.63) is 53.3 Å².